The number of methoxy groups -OCH3 is 3. The van der Waals surface area contributed by atoms with Gasteiger partial charge in [0.05, 0.1) is 19.6 Å². The van der Waals surface area contributed by atoms with Crippen LogP contribution in [-0.2, 0) is 24.4 Å². The summed E-state index contributed by atoms with van der Waals surface area (Å²) >= 11 is 0. The van der Waals surface area contributed by atoms with Crippen LogP contribution in [0.2, 0.25) is 0 Å². The fraction of sp³-hybridized carbons (Fsp3) is 0.615. The van der Waals surface area contributed by atoms with E-state index in [0.717, 1.165) is 54.7 Å². The molecule has 0 amide bonds. The van der Waals surface area contributed by atoms with Crippen molar-refractivity contribution in [1.29, 1.82) is 0 Å². The van der Waals surface area contributed by atoms with E-state index in [-0.39, 0.29) is 49.6 Å². The second kappa shape index (κ2) is 20.6. The number of hydrogen-bond acceptors (Lipinski definition) is 7. The molecule has 0 aliphatic carbocycles. The number of hydrogen-bond donors (Lipinski definition) is 0. The molecule has 0 aromatic heterocycles. The number of halogens is 5. The molecule has 1 aliphatic heterocycles. The van der Waals surface area contributed by atoms with Crippen LogP contribution in [0.4, 0.5) is 22.0 Å². The van der Waals surface area contributed by atoms with Crippen LogP contribution in [0.25, 0.3) is 0 Å². The molecule has 0 fully saturated rings. The van der Waals surface area contributed by atoms with Crippen molar-refractivity contribution in [2.45, 2.75) is 107 Å². The smallest absolute Gasteiger partial charge is 0.453 e. The summed E-state index contributed by atoms with van der Waals surface area (Å²) < 4.78 is 95.8. The van der Waals surface area contributed by atoms with Crippen LogP contribution in [-0.4, -0.2) is 59.6 Å². The molecule has 3 unspecified atom stereocenters. The minimum atomic E-state index is -5.52. The van der Waals surface area contributed by atoms with E-state index in [1.165, 1.54) is 7.11 Å². The van der Waals surface area contributed by atoms with Crippen molar-refractivity contribution in [2.24, 2.45) is 5.92 Å². The maximum absolute atomic E-state index is 13.1. The number of carbonyl (C=O) groups excluding carboxylic acids is 1. The van der Waals surface area contributed by atoms with E-state index in [2.05, 4.69) is 37.3 Å². The molecule has 7 nitrogen and oxygen atoms in total. The Morgan fingerprint density at radius 2 is 1.45 bits per heavy atom. The van der Waals surface area contributed by atoms with Crippen molar-refractivity contribution < 1.29 is 55.2 Å². The van der Waals surface area contributed by atoms with E-state index in [9.17, 15) is 26.7 Å². The van der Waals surface area contributed by atoms with E-state index >= 15 is 0 Å². The van der Waals surface area contributed by atoms with E-state index in [0.29, 0.717) is 38.0 Å². The van der Waals surface area contributed by atoms with Crippen molar-refractivity contribution in [3.63, 3.8) is 0 Å². The van der Waals surface area contributed by atoms with E-state index in [1.54, 1.807) is 14.2 Å². The van der Waals surface area contributed by atoms with Crippen molar-refractivity contribution in [3.8, 4) is 17.2 Å². The number of alkyl halides is 5. The topological polar surface area (TPSA) is 72.5 Å². The maximum atomic E-state index is 13.1. The average molecular weight is 729 g/mol. The number of fused-ring (bicyclic) bond motifs is 1. The highest BCUT2D eigenvalue weighted by Gasteiger charge is 2.56. The molecule has 2 aromatic carbocycles. The normalized spacial score (nSPS) is 18.3. The van der Waals surface area contributed by atoms with Crippen LogP contribution >= 0.6 is 0 Å². The molecule has 0 spiro atoms. The summed E-state index contributed by atoms with van der Waals surface area (Å²) in [4.78, 5) is 12.3. The summed E-state index contributed by atoms with van der Waals surface area (Å²) in [6.07, 6.45) is 4.34. The van der Waals surface area contributed by atoms with Gasteiger partial charge < -0.3 is 28.4 Å². The van der Waals surface area contributed by atoms with Gasteiger partial charge in [0.25, 0.3) is 0 Å². The third kappa shape index (κ3) is 12.7. The van der Waals surface area contributed by atoms with Crippen LogP contribution in [0.1, 0.15) is 101 Å². The fourth-order valence-electron chi connectivity index (χ4n) is 6.51. The van der Waals surface area contributed by atoms with Gasteiger partial charge in [-0.05, 0) is 67.9 Å². The van der Waals surface area contributed by atoms with Gasteiger partial charge in [0.2, 0.25) is 0 Å². The molecule has 286 valence electrons. The SMILES string of the molecule is COCOc1ccc(C2(C)COc3cc(OCOC)ccc3C2CC=CCCCCCC(CCCCCCC(F)(F)C(F)(F)F)C(=O)OC)cc1. The van der Waals surface area contributed by atoms with E-state index in [1.807, 2.05) is 24.3 Å². The van der Waals surface area contributed by atoms with Gasteiger partial charge in [-0.25, -0.2) is 0 Å². The molecule has 2 aromatic rings. The molecule has 0 bridgehead atoms. The number of rotatable bonds is 23. The Hall–Kier alpha value is -3.38. The Morgan fingerprint density at radius 3 is 2.08 bits per heavy atom. The molecule has 1 aliphatic rings. The minimum absolute atomic E-state index is 0.127. The second-order valence-electron chi connectivity index (χ2n) is 13.3. The number of ether oxygens (including phenoxy) is 6. The molecule has 0 saturated heterocycles. The largest absolute Gasteiger partial charge is 0.492 e. The van der Waals surface area contributed by atoms with Crippen molar-refractivity contribution in [1.82, 2.24) is 0 Å². The van der Waals surface area contributed by atoms with Gasteiger partial charge in [-0.2, -0.15) is 22.0 Å². The molecular weight excluding hydrogens is 675 g/mol. The van der Waals surface area contributed by atoms with Gasteiger partial charge >= 0.3 is 18.1 Å². The summed E-state index contributed by atoms with van der Waals surface area (Å²) in [6, 6.07) is 14.0. The monoisotopic (exact) mass is 728 g/mol. The number of esters is 1. The number of benzene rings is 2. The first-order valence-corrected chi connectivity index (χ1v) is 17.6. The maximum Gasteiger partial charge on any atom is 0.453 e. The fourth-order valence-corrected chi connectivity index (χ4v) is 6.51. The lowest BCUT2D eigenvalue weighted by Gasteiger charge is -2.42. The van der Waals surface area contributed by atoms with Gasteiger partial charge in [0, 0.05) is 38.0 Å². The Morgan fingerprint density at radius 1 is 0.843 bits per heavy atom. The number of unbranched alkanes of at least 4 members (excludes halogenated alkanes) is 6. The second-order valence-corrected chi connectivity index (χ2v) is 13.3. The van der Waals surface area contributed by atoms with Gasteiger partial charge in [-0.3, -0.25) is 4.79 Å². The third-order valence-corrected chi connectivity index (χ3v) is 9.56. The molecule has 3 atom stereocenters. The van der Waals surface area contributed by atoms with Crippen molar-refractivity contribution in [2.75, 3.05) is 41.5 Å². The zero-order chi connectivity index (χ0) is 37.3. The summed E-state index contributed by atoms with van der Waals surface area (Å²) in [5, 5.41) is 0. The number of allylic oxidation sites excluding steroid dienone is 2. The lowest BCUT2D eigenvalue weighted by molar-refractivity contribution is -0.284. The highest BCUT2D eigenvalue weighted by atomic mass is 19.4. The Kier molecular flexibility index (Phi) is 17.0. The van der Waals surface area contributed by atoms with Crippen LogP contribution in [0.3, 0.4) is 0 Å². The van der Waals surface area contributed by atoms with Crippen LogP contribution < -0.4 is 14.2 Å². The third-order valence-electron chi connectivity index (χ3n) is 9.56. The van der Waals surface area contributed by atoms with Gasteiger partial charge in [-0.15, -0.1) is 0 Å². The minimum Gasteiger partial charge on any atom is -0.492 e. The Bertz CT molecular complexity index is 1350. The predicted molar refractivity (Wildman–Crippen MR) is 185 cm³/mol. The highest BCUT2D eigenvalue weighted by molar-refractivity contribution is 5.72. The summed E-state index contributed by atoms with van der Waals surface area (Å²) in [7, 11) is 4.49. The van der Waals surface area contributed by atoms with Gasteiger partial charge in [-0.1, -0.05) is 69.4 Å². The zero-order valence-corrected chi connectivity index (χ0v) is 30.2. The molecular formula is C39H53F5O7. The molecule has 3 rings (SSSR count). The quantitative estimate of drug-likeness (QED) is 0.0371. The molecule has 0 radical (unpaired) electrons. The summed E-state index contributed by atoms with van der Waals surface area (Å²) in [6.45, 7) is 3.03. The first-order chi connectivity index (χ1) is 24.4. The highest BCUT2D eigenvalue weighted by Crippen LogP contribution is 2.49. The van der Waals surface area contributed by atoms with Crippen molar-refractivity contribution in [3.05, 3.63) is 65.7 Å². The average Bonchev–Trinajstić information content (AvgIpc) is 3.11. The molecule has 0 saturated carbocycles. The lowest BCUT2D eigenvalue weighted by Crippen LogP contribution is -2.40. The van der Waals surface area contributed by atoms with Gasteiger partial charge in [0.1, 0.15) is 17.2 Å². The summed E-state index contributed by atoms with van der Waals surface area (Å²) in [5.74, 6) is -2.96. The first kappa shape index (κ1) is 42.0. The molecule has 51 heavy (non-hydrogen) atoms. The Balaban J connectivity index is 1.52. The zero-order valence-electron chi connectivity index (χ0n) is 30.2. The number of carbonyl (C=O) groups is 1. The summed E-state index contributed by atoms with van der Waals surface area (Å²) in [5.41, 5.74) is 1.92. The Labute approximate surface area is 298 Å². The van der Waals surface area contributed by atoms with Crippen LogP contribution in [0.15, 0.2) is 54.6 Å². The van der Waals surface area contributed by atoms with Crippen molar-refractivity contribution >= 4 is 5.97 Å². The van der Waals surface area contributed by atoms with Gasteiger partial charge in [0.15, 0.2) is 13.6 Å². The molecule has 12 heteroatoms. The van der Waals surface area contributed by atoms with E-state index < -0.39 is 18.5 Å². The molecule has 0 N–H and O–H groups in total. The van der Waals surface area contributed by atoms with Crippen LogP contribution in [0.5, 0.6) is 17.2 Å². The first-order valence-electron chi connectivity index (χ1n) is 17.6. The standard InChI is InChI=1S/C39H53F5O7/c1-37(30-18-20-31(21-19-30)50-27-46-2)26-49-35-25-32(51-28-47-3)22-23-33(35)34(37)17-13-8-6-5-7-11-15-29(36(45)48-4)16-12-9-10-14-24-38(40,41)39(42,43)44/h8,13,18-23,25,29,34H,5-7,9-12,14-17,24,26-28H2,1-4H3. The van der Waals surface area contributed by atoms with E-state index in [4.69, 9.17) is 28.4 Å². The predicted octanol–water partition coefficient (Wildman–Crippen LogP) is 10.3. The van der Waals surface area contributed by atoms with Crippen LogP contribution in [0, 0.1) is 5.92 Å². The lowest BCUT2D eigenvalue weighted by atomic mass is 9.66. The molecule has 1 heterocycles.